The van der Waals surface area contributed by atoms with E-state index < -0.39 is 6.03 Å². The number of rotatable bonds is 4. The van der Waals surface area contributed by atoms with Gasteiger partial charge in [0.2, 0.25) is 0 Å². The Hall–Kier alpha value is -3.35. The quantitative estimate of drug-likeness (QED) is 0.569. The van der Waals surface area contributed by atoms with Crippen LogP contribution >= 0.6 is 0 Å². The fourth-order valence-corrected chi connectivity index (χ4v) is 2.98. The monoisotopic (exact) mass is 366 g/mol. The molecule has 0 fully saturated rings. The number of anilines is 3. The van der Waals surface area contributed by atoms with E-state index in [1.165, 1.54) is 11.0 Å². The lowest BCUT2D eigenvalue weighted by atomic mass is 10.1. The lowest BCUT2D eigenvalue weighted by molar-refractivity contribution is 0.0636. The Morgan fingerprint density at radius 2 is 1.74 bits per heavy atom. The number of hydrogen-bond donors (Lipinski definition) is 3. The van der Waals surface area contributed by atoms with Gasteiger partial charge in [0.05, 0.1) is 22.5 Å². The van der Waals surface area contributed by atoms with Gasteiger partial charge in [-0.1, -0.05) is 19.9 Å². The van der Waals surface area contributed by atoms with Gasteiger partial charge in [0.1, 0.15) is 0 Å². The predicted molar refractivity (Wildman–Crippen MR) is 105 cm³/mol. The number of carbonyl (C=O) groups is 3. The minimum atomic E-state index is -0.485. The normalized spacial score (nSPS) is 13.1. The van der Waals surface area contributed by atoms with Crippen molar-refractivity contribution in [3.05, 3.63) is 53.1 Å². The Labute approximate surface area is 157 Å². The molecule has 3 rings (SSSR count). The zero-order valence-corrected chi connectivity index (χ0v) is 15.5. The number of benzene rings is 2. The first-order valence-corrected chi connectivity index (χ1v) is 8.70. The SMILES string of the molecule is Cc1ccc(NC(=O)Nc2ccc3c(c2)C(=O)N(CC(C)C)C3=O)c(N)c1. The van der Waals surface area contributed by atoms with Crippen LogP contribution in [0.5, 0.6) is 0 Å². The average molecular weight is 366 g/mol. The number of urea groups is 1. The first-order valence-electron chi connectivity index (χ1n) is 8.70. The highest BCUT2D eigenvalue weighted by Crippen LogP contribution is 2.27. The topological polar surface area (TPSA) is 105 Å². The van der Waals surface area contributed by atoms with Crippen LogP contribution < -0.4 is 16.4 Å². The summed E-state index contributed by atoms with van der Waals surface area (Å²) < 4.78 is 0. The molecule has 7 heteroatoms. The number of nitrogen functional groups attached to an aromatic ring is 1. The summed E-state index contributed by atoms with van der Waals surface area (Å²) >= 11 is 0. The maximum absolute atomic E-state index is 12.5. The Kier molecular flexibility index (Phi) is 4.85. The Balaban J connectivity index is 1.75. The molecular formula is C20H22N4O3. The Morgan fingerprint density at radius 3 is 2.41 bits per heavy atom. The van der Waals surface area contributed by atoms with Crippen molar-refractivity contribution in [1.29, 1.82) is 0 Å². The highest BCUT2D eigenvalue weighted by molar-refractivity contribution is 6.22. The van der Waals surface area contributed by atoms with E-state index in [1.807, 2.05) is 26.8 Å². The smallest absolute Gasteiger partial charge is 0.323 e. The minimum Gasteiger partial charge on any atom is -0.397 e. The molecule has 0 spiro atoms. The number of amides is 4. The maximum Gasteiger partial charge on any atom is 0.323 e. The van der Waals surface area contributed by atoms with Gasteiger partial charge in [-0.25, -0.2) is 4.79 Å². The van der Waals surface area contributed by atoms with Gasteiger partial charge in [0.15, 0.2) is 0 Å². The molecule has 4 N–H and O–H groups in total. The number of imide groups is 1. The third-order valence-electron chi connectivity index (χ3n) is 4.23. The fraction of sp³-hybridized carbons (Fsp3) is 0.250. The molecule has 0 radical (unpaired) electrons. The summed E-state index contributed by atoms with van der Waals surface area (Å²) in [7, 11) is 0. The number of hydrogen-bond acceptors (Lipinski definition) is 4. The molecule has 4 amide bonds. The first kappa shape index (κ1) is 18.4. The van der Waals surface area contributed by atoms with Crippen LogP contribution in [-0.4, -0.2) is 29.3 Å². The van der Waals surface area contributed by atoms with Crippen LogP contribution in [0.3, 0.4) is 0 Å². The van der Waals surface area contributed by atoms with Crippen molar-refractivity contribution < 1.29 is 14.4 Å². The molecule has 0 aromatic heterocycles. The summed E-state index contributed by atoms with van der Waals surface area (Å²) in [5.74, 6) is -0.460. The summed E-state index contributed by atoms with van der Waals surface area (Å²) in [6, 6.07) is 9.52. The average Bonchev–Trinajstić information content (AvgIpc) is 2.82. The molecule has 1 aliphatic heterocycles. The summed E-state index contributed by atoms with van der Waals surface area (Å²) in [4.78, 5) is 38.4. The molecule has 0 unspecified atom stereocenters. The van der Waals surface area contributed by atoms with Crippen molar-refractivity contribution in [1.82, 2.24) is 4.90 Å². The van der Waals surface area contributed by atoms with Gasteiger partial charge in [-0.15, -0.1) is 0 Å². The van der Waals surface area contributed by atoms with Gasteiger partial charge >= 0.3 is 6.03 Å². The van der Waals surface area contributed by atoms with Crippen LogP contribution in [0.15, 0.2) is 36.4 Å². The second-order valence-corrected chi connectivity index (χ2v) is 7.04. The van der Waals surface area contributed by atoms with E-state index in [9.17, 15) is 14.4 Å². The molecule has 2 aromatic rings. The molecule has 1 heterocycles. The van der Waals surface area contributed by atoms with Gasteiger partial charge < -0.3 is 16.4 Å². The minimum absolute atomic E-state index is 0.176. The van der Waals surface area contributed by atoms with Gasteiger partial charge in [-0.3, -0.25) is 14.5 Å². The van der Waals surface area contributed by atoms with Crippen LogP contribution in [0.4, 0.5) is 21.9 Å². The standard InChI is InChI=1S/C20H22N4O3/c1-11(2)10-24-18(25)14-6-5-13(9-15(14)19(24)26)22-20(27)23-17-7-4-12(3)8-16(17)21/h4-9,11H,10,21H2,1-3H3,(H2,22,23,27). The second-order valence-electron chi connectivity index (χ2n) is 7.04. The highest BCUT2D eigenvalue weighted by Gasteiger charge is 2.35. The largest absolute Gasteiger partial charge is 0.397 e. The molecule has 2 aromatic carbocycles. The molecule has 140 valence electrons. The number of fused-ring (bicyclic) bond motifs is 1. The van der Waals surface area contributed by atoms with E-state index in [-0.39, 0.29) is 17.7 Å². The Bertz CT molecular complexity index is 937. The lowest BCUT2D eigenvalue weighted by Crippen LogP contribution is -2.33. The third-order valence-corrected chi connectivity index (χ3v) is 4.23. The number of aryl methyl sites for hydroxylation is 1. The molecule has 0 bridgehead atoms. The summed E-state index contributed by atoms with van der Waals surface area (Å²) in [6.45, 7) is 6.16. The van der Waals surface area contributed by atoms with Crippen molar-refractivity contribution in [2.45, 2.75) is 20.8 Å². The molecule has 0 atom stereocenters. The summed E-state index contributed by atoms with van der Waals surface area (Å²) in [6.07, 6.45) is 0. The molecule has 27 heavy (non-hydrogen) atoms. The molecule has 1 aliphatic rings. The van der Waals surface area contributed by atoms with Gasteiger partial charge in [0, 0.05) is 12.2 Å². The molecule has 0 saturated heterocycles. The zero-order chi connectivity index (χ0) is 19.7. The number of nitrogens with two attached hydrogens (primary N) is 1. The van der Waals surface area contributed by atoms with Crippen molar-refractivity contribution in [3.8, 4) is 0 Å². The highest BCUT2D eigenvalue weighted by atomic mass is 16.2. The van der Waals surface area contributed by atoms with Crippen molar-refractivity contribution >= 4 is 34.9 Å². The third kappa shape index (κ3) is 3.76. The van der Waals surface area contributed by atoms with Gasteiger partial charge in [0.25, 0.3) is 11.8 Å². The number of carbonyl (C=O) groups excluding carboxylic acids is 3. The lowest BCUT2D eigenvalue weighted by Gasteiger charge is -2.15. The van der Waals surface area contributed by atoms with Gasteiger partial charge in [-0.2, -0.15) is 0 Å². The molecule has 7 nitrogen and oxygen atoms in total. The van der Waals surface area contributed by atoms with E-state index in [2.05, 4.69) is 10.6 Å². The second kappa shape index (κ2) is 7.11. The van der Waals surface area contributed by atoms with Crippen LogP contribution in [0.25, 0.3) is 0 Å². The van der Waals surface area contributed by atoms with Crippen LogP contribution in [0.2, 0.25) is 0 Å². The van der Waals surface area contributed by atoms with Crippen LogP contribution in [-0.2, 0) is 0 Å². The summed E-state index contributed by atoms with van der Waals surface area (Å²) in [5, 5.41) is 5.34. The van der Waals surface area contributed by atoms with Gasteiger partial charge in [-0.05, 0) is 48.7 Å². The van der Waals surface area contributed by atoms with E-state index >= 15 is 0 Å². The molecular weight excluding hydrogens is 344 g/mol. The maximum atomic E-state index is 12.5. The zero-order valence-electron chi connectivity index (χ0n) is 15.5. The van der Waals surface area contributed by atoms with E-state index in [0.717, 1.165) is 5.56 Å². The summed E-state index contributed by atoms with van der Waals surface area (Å²) in [5.41, 5.74) is 8.92. The molecule has 0 saturated carbocycles. The Morgan fingerprint density at radius 1 is 1.04 bits per heavy atom. The predicted octanol–water partition coefficient (Wildman–Crippen LogP) is 3.47. The van der Waals surface area contributed by atoms with E-state index in [1.54, 1.807) is 24.3 Å². The first-order chi connectivity index (χ1) is 12.8. The van der Waals surface area contributed by atoms with Crippen LogP contribution in [0, 0.1) is 12.8 Å². The fourth-order valence-electron chi connectivity index (χ4n) is 2.98. The van der Waals surface area contributed by atoms with Crippen molar-refractivity contribution in [2.24, 2.45) is 5.92 Å². The van der Waals surface area contributed by atoms with Crippen molar-refractivity contribution in [2.75, 3.05) is 22.9 Å². The number of nitrogens with one attached hydrogen (secondary N) is 2. The number of nitrogens with zero attached hydrogens (tertiary/aromatic N) is 1. The van der Waals surface area contributed by atoms with Crippen LogP contribution in [0.1, 0.15) is 40.1 Å². The van der Waals surface area contributed by atoms with E-state index in [4.69, 9.17) is 5.73 Å². The van der Waals surface area contributed by atoms with Crippen molar-refractivity contribution in [3.63, 3.8) is 0 Å². The van der Waals surface area contributed by atoms with E-state index in [0.29, 0.717) is 34.7 Å². The molecule has 0 aliphatic carbocycles.